The van der Waals surface area contributed by atoms with Crippen molar-refractivity contribution in [1.82, 2.24) is 34.7 Å². The molecule has 0 saturated carbocycles. The lowest BCUT2D eigenvalue weighted by atomic mass is 10.2. The number of aromatic nitrogens is 7. The monoisotopic (exact) mass is 369 g/mol. The summed E-state index contributed by atoms with van der Waals surface area (Å²) in [7, 11) is 0. The van der Waals surface area contributed by atoms with E-state index < -0.39 is 0 Å². The van der Waals surface area contributed by atoms with Crippen molar-refractivity contribution in [3.8, 4) is 11.9 Å². The topological polar surface area (TPSA) is 74.3 Å². The summed E-state index contributed by atoms with van der Waals surface area (Å²) in [6.45, 7) is 3.86. The highest BCUT2D eigenvalue weighted by molar-refractivity contribution is 9.10. The first-order chi connectivity index (χ1) is 11.1. The molecule has 7 nitrogen and oxygen atoms in total. The van der Waals surface area contributed by atoms with Gasteiger partial charge in [0.1, 0.15) is 0 Å². The summed E-state index contributed by atoms with van der Waals surface area (Å²) in [6, 6.07) is 9.96. The maximum Gasteiger partial charge on any atom is 0.289 e. The quantitative estimate of drug-likeness (QED) is 0.543. The van der Waals surface area contributed by atoms with E-state index in [1.54, 1.807) is 4.68 Å². The Hall–Kier alpha value is -2.61. The molecule has 8 heteroatoms. The minimum Gasteiger partial charge on any atom is -0.283 e. The molecule has 0 radical (unpaired) electrons. The second-order valence-electron chi connectivity index (χ2n) is 5.23. The maximum absolute atomic E-state index is 4.33. The zero-order valence-corrected chi connectivity index (χ0v) is 14.1. The van der Waals surface area contributed by atoms with Gasteiger partial charge >= 0.3 is 0 Å². The number of hydrogen-bond acceptors (Lipinski definition) is 5. The van der Waals surface area contributed by atoms with Gasteiger partial charge < -0.3 is 0 Å². The Morgan fingerprint density at radius 2 is 1.65 bits per heavy atom. The van der Waals surface area contributed by atoms with Crippen molar-refractivity contribution in [2.75, 3.05) is 0 Å². The van der Waals surface area contributed by atoms with Gasteiger partial charge in [0.2, 0.25) is 0 Å². The molecule has 0 aliphatic carbocycles. The van der Waals surface area contributed by atoms with Crippen LogP contribution < -0.4 is 0 Å². The zero-order chi connectivity index (χ0) is 16.0. The van der Waals surface area contributed by atoms with Crippen molar-refractivity contribution in [2.24, 2.45) is 0 Å². The van der Waals surface area contributed by atoms with E-state index in [2.05, 4.69) is 41.4 Å². The zero-order valence-electron chi connectivity index (χ0n) is 12.5. The maximum atomic E-state index is 4.33. The van der Waals surface area contributed by atoms with Gasteiger partial charge in [-0.25, -0.2) is 4.68 Å². The van der Waals surface area contributed by atoms with E-state index in [0.717, 1.165) is 26.8 Å². The molecule has 0 amide bonds. The van der Waals surface area contributed by atoms with Gasteiger partial charge in [0.15, 0.2) is 0 Å². The van der Waals surface area contributed by atoms with Gasteiger partial charge in [0.05, 0.1) is 11.2 Å². The second kappa shape index (κ2) is 5.24. The highest BCUT2D eigenvalue weighted by Gasteiger charge is 2.11. The van der Waals surface area contributed by atoms with Crippen LogP contribution in [0.25, 0.3) is 22.8 Å². The molecule has 23 heavy (non-hydrogen) atoms. The first kappa shape index (κ1) is 14.0. The van der Waals surface area contributed by atoms with Crippen LogP contribution in [0.5, 0.6) is 0 Å². The molecule has 0 unspecified atom stereocenters. The first-order valence-corrected chi connectivity index (χ1v) is 7.79. The normalized spacial score (nSPS) is 11.3. The predicted molar refractivity (Wildman–Crippen MR) is 88.8 cm³/mol. The lowest BCUT2D eigenvalue weighted by Crippen LogP contribution is -2.11. The molecule has 0 aliphatic rings. The fourth-order valence-corrected chi connectivity index (χ4v) is 2.90. The van der Waals surface area contributed by atoms with Gasteiger partial charge in [-0.1, -0.05) is 15.9 Å². The smallest absolute Gasteiger partial charge is 0.283 e. The lowest BCUT2D eigenvalue weighted by molar-refractivity contribution is 0.692. The third kappa shape index (κ3) is 2.40. The number of halogens is 1. The Kier molecular flexibility index (Phi) is 3.19. The SMILES string of the molecule is Cc1cc(C)n(-c2nnc(-n3ccc4cc(Br)ccc43)nn2)n1. The molecule has 1 aromatic carbocycles. The molecule has 3 aromatic heterocycles. The number of benzene rings is 1. The van der Waals surface area contributed by atoms with Gasteiger partial charge in [-0.15, -0.1) is 20.4 Å². The van der Waals surface area contributed by atoms with Crippen LogP contribution in [0.15, 0.2) is 41.0 Å². The second-order valence-corrected chi connectivity index (χ2v) is 6.14. The van der Waals surface area contributed by atoms with Crippen molar-refractivity contribution in [3.05, 3.63) is 52.4 Å². The number of fused-ring (bicyclic) bond motifs is 1. The Morgan fingerprint density at radius 1 is 0.913 bits per heavy atom. The number of aryl methyl sites for hydroxylation is 2. The molecule has 4 rings (SSSR count). The van der Waals surface area contributed by atoms with Crippen LogP contribution >= 0.6 is 15.9 Å². The van der Waals surface area contributed by atoms with Gasteiger partial charge in [-0.2, -0.15) is 5.10 Å². The summed E-state index contributed by atoms with van der Waals surface area (Å²) in [4.78, 5) is 0. The standard InChI is InChI=1S/C15H12BrN7/c1-9-7-10(2)23(21-9)15-19-17-14(18-20-15)22-6-5-11-8-12(16)3-4-13(11)22/h3-8H,1-2H3. The van der Waals surface area contributed by atoms with E-state index >= 15 is 0 Å². The highest BCUT2D eigenvalue weighted by Crippen LogP contribution is 2.22. The van der Waals surface area contributed by atoms with Crippen molar-refractivity contribution < 1.29 is 0 Å². The average molecular weight is 370 g/mol. The molecule has 114 valence electrons. The largest absolute Gasteiger partial charge is 0.289 e. The Morgan fingerprint density at radius 3 is 2.35 bits per heavy atom. The molecular formula is C15H12BrN7. The van der Waals surface area contributed by atoms with Crippen LogP contribution in [0.3, 0.4) is 0 Å². The third-order valence-corrected chi connectivity index (χ3v) is 4.02. The number of rotatable bonds is 2. The highest BCUT2D eigenvalue weighted by atomic mass is 79.9. The fraction of sp³-hybridized carbons (Fsp3) is 0.133. The molecular weight excluding hydrogens is 358 g/mol. The van der Waals surface area contributed by atoms with Crippen molar-refractivity contribution in [1.29, 1.82) is 0 Å². The number of hydrogen-bond donors (Lipinski definition) is 0. The van der Waals surface area contributed by atoms with Crippen LogP contribution in [-0.2, 0) is 0 Å². The predicted octanol–water partition coefficient (Wildman–Crippen LogP) is 2.78. The van der Waals surface area contributed by atoms with Gasteiger partial charge in [0, 0.05) is 21.7 Å². The third-order valence-electron chi connectivity index (χ3n) is 3.52. The molecule has 0 saturated heterocycles. The van der Waals surface area contributed by atoms with Crippen molar-refractivity contribution >= 4 is 26.8 Å². The molecule has 0 atom stereocenters. The summed E-state index contributed by atoms with van der Waals surface area (Å²) >= 11 is 3.47. The van der Waals surface area contributed by atoms with Crippen LogP contribution in [0.4, 0.5) is 0 Å². The van der Waals surface area contributed by atoms with E-state index in [1.807, 2.05) is 54.9 Å². The lowest BCUT2D eigenvalue weighted by Gasteiger charge is -2.04. The fourth-order valence-electron chi connectivity index (χ4n) is 2.52. The van der Waals surface area contributed by atoms with Crippen molar-refractivity contribution in [3.63, 3.8) is 0 Å². The first-order valence-electron chi connectivity index (χ1n) is 7.00. The van der Waals surface area contributed by atoms with E-state index in [4.69, 9.17) is 0 Å². The molecule has 3 heterocycles. The Bertz CT molecular complexity index is 1000. The summed E-state index contributed by atoms with van der Waals surface area (Å²) in [6.07, 6.45) is 1.90. The van der Waals surface area contributed by atoms with E-state index in [-0.39, 0.29) is 0 Å². The van der Waals surface area contributed by atoms with E-state index in [1.165, 1.54) is 0 Å². The molecule has 0 bridgehead atoms. The van der Waals surface area contributed by atoms with Crippen LogP contribution in [0, 0.1) is 13.8 Å². The minimum atomic E-state index is 0.360. The summed E-state index contributed by atoms with van der Waals surface area (Å²) in [5.41, 5.74) is 2.84. The van der Waals surface area contributed by atoms with Gasteiger partial charge in [-0.05, 0) is 44.2 Å². The molecule has 0 N–H and O–H groups in total. The molecule has 0 spiro atoms. The van der Waals surface area contributed by atoms with Crippen LogP contribution in [0.1, 0.15) is 11.4 Å². The van der Waals surface area contributed by atoms with Gasteiger partial charge in [0.25, 0.3) is 11.9 Å². The van der Waals surface area contributed by atoms with E-state index in [0.29, 0.717) is 11.9 Å². The summed E-state index contributed by atoms with van der Waals surface area (Å²) in [5, 5.41) is 22.1. The average Bonchev–Trinajstić information content (AvgIpc) is 3.10. The Balaban J connectivity index is 1.76. The molecule has 0 fully saturated rings. The van der Waals surface area contributed by atoms with Crippen molar-refractivity contribution in [2.45, 2.75) is 13.8 Å². The molecule has 4 aromatic rings. The van der Waals surface area contributed by atoms with Crippen LogP contribution in [0.2, 0.25) is 0 Å². The van der Waals surface area contributed by atoms with E-state index in [9.17, 15) is 0 Å². The van der Waals surface area contributed by atoms with Crippen LogP contribution in [-0.4, -0.2) is 34.7 Å². The number of nitrogens with zero attached hydrogens (tertiary/aromatic N) is 7. The Labute approximate surface area is 140 Å². The van der Waals surface area contributed by atoms with Gasteiger partial charge in [-0.3, -0.25) is 4.57 Å². The summed E-state index contributed by atoms with van der Waals surface area (Å²) in [5.74, 6) is 0.783. The summed E-state index contributed by atoms with van der Waals surface area (Å²) < 4.78 is 4.51. The minimum absolute atomic E-state index is 0.360. The molecule has 0 aliphatic heterocycles.